The van der Waals surface area contributed by atoms with Gasteiger partial charge >= 0.3 is 0 Å². The molecular formula is C14H9Cl2N3OS3. The number of carbonyl (C=O) groups excluding carboxylic acids is 1. The lowest BCUT2D eigenvalue weighted by molar-refractivity contribution is 0.102. The van der Waals surface area contributed by atoms with Crippen molar-refractivity contribution in [3.05, 3.63) is 56.2 Å². The number of halogens is 2. The highest BCUT2D eigenvalue weighted by Gasteiger charge is 2.15. The number of thiophene rings is 1. The summed E-state index contributed by atoms with van der Waals surface area (Å²) in [6, 6.07) is 9.00. The first-order chi connectivity index (χ1) is 11.1. The Labute approximate surface area is 154 Å². The van der Waals surface area contributed by atoms with Crippen LogP contribution in [0.5, 0.6) is 0 Å². The zero-order valence-electron chi connectivity index (χ0n) is 11.5. The van der Waals surface area contributed by atoms with Crippen LogP contribution in [0, 0.1) is 0 Å². The zero-order valence-corrected chi connectivity index (χ0v) is 15.4. The van der Waals surface area contributed by atoms with E-state index in [1.54, 1.807) is 41.3 Å². The second-order valence-electron chi connectivity index (χ2n) is 4.30. The number of thioether (sulfide) groups is 1. The van der Waals surface area contributed by atoms with E-state index in [2.05, 4.69) is 21.6 Å². The van der Waals surface area contributed by atoms with E-state index in [-0.39, 0.29) is 10.9 Å². The molecule has 2 heterocycles. The molecule has 0 aliphatic rings. The minimum atomic E-state index is -0.358. The van der Waals surface area contributed by atoms with Gasteiger partial charge in [0.25, 0.3) is 5.91 Å². The lowest BCUT2D eigenvalue weighted by Crippen LogP contribution is -2.12. The summed E-state index contributed by atoms with van der Waals surface area (Å²) < 4.78 is 0.797. The Morgan fingerprint density at radius 1 is 1.22 bits per heavy atom. The molecule has 23 heavy (non-hydrogen) atoms. The molecule has 0 unspecified atom stereocenters. The van der Waals surface area contributed by atoms with Gasteiger partial charge in [-0.1, -0.05) is 58.4 Å². The molecular weight excluding hydrogens is 393 g/mol. The van der Waals surface area contributed by atoms with Gasteiger partial charge in [0.05, 0.1) is 15.6 Å². The molecule has 0 saturated heterocycles. The Kier molecular flexibility index (Phi) is 5.55. The molecule has 3 rings (SSSR count). The van der Waals surface area contributed by atoms with E-state index in [0.717, 1.165) is 10.1 Å². The average molecular weight is 402 g/mol. The fourth-order valence-corrected chi connectivity index (χ4v) is 4.60. The summed E-state index contributed by atoms with van der Waals surface area (Å²) in [7, 11) is 0. The molecule has 2 aromatic heterocycles. The first kappa shape index (κ1) is 16.7. The van der Waals surface area contributed by atoms with Gasteiger partial charge in [0, 0.05) is 10.6 Å². The number of hydrogen-bond acceptors (Lipinski definition) is 6. The third-order valence-electron chi connectivity index (χ3n) is 2.74. The third-order valence-corrected chi connectivity index (χ3v) is 6.64. The molecule has 4 nitrogen and oxygen atoms in total. The largest absolute Gasteiger partial charge is 0.296 e. The van der Waals surface area contributed by atoms with Gasteiger partial charge in [0.2, 0.25) is 5.13 Å². The van der Waals surface area contributed by atoms with Gasteiger partial charge in [-0.2, -0.15) is 0 Å². The van der Waals surface area contributed by atoms with Crippen molar-refractivity contribution in [2.45, 2.75) is 10.1 Å². The maximum absolute atomic E-state index is 12.2. The van der Waals surface area contributed by atoms with Gasteiger partial charge in [-0.15, -0.1) is 21.5 Å². The number of carbonyl (C=O) groups is 1. The number of nitrogens with one attached hydrogen (secondary N) is 1. The molecule has 1 amide bonds. The highest BCUT2D eigenvalue weighted by atomic mass is 35.5. The summed E-state index contributed by atoms with van der Waals surface area (Å²) in [6.45, 7) is 0. The van der Waals surface area contributed by atoms with Crippen molar-refractivity contribution in [3.63, 3.8) is 0 Å². The summed E-state index contributed by atoms with van der Waals surface area (Å²) in [6.07, 6.45) is 0. The maximum Gasteiger partial charge on any atom is 0.259 e. The minimum absolute atomic E-state index is 0.225. The SMILES string of the molecule is O=C(Nc1nnc(SCc2cccs2)s1)c1cccc(Cl)c1Cl. The van der Waals surface area contributed by atoms with E-state index in [9.17, 15) is 4.79 Å². The monoisotopic (exact) mass is 401 g/mol. The van der Waals surface area contributed by atoms with Crippen LogP contribution in [-0.4, -0.2) is 16.1 Å². The molecule has 0 spiro atoms. The lowest BCUT2D eigenvalue weighted by atomic mass is 10.2. The number of rotatable bonds is 5. The standard InChI is InChI=1S/C14H9Cl2N3OS3/c15-10-5-1-4-9(11(10)16)12(20)17-13-18-19-14(23-13)22-7-8-3-2-6-21-8/h1-6H,7H2,(H,17,18,20). The molecule has 0 fully saturated rings. The highest BCUT2D eigenvalue weighted by molar-refractivity contribution is 8.00. The number of hydrogen-bond donors (Lipinski definition) is 1. The fraction of sp³-hybridized carbons (Fsp3) is 0.0714. The predicted molar refractivity (Wildman–Crippen MR) is 98.2 cm³/mol. The second kappa shape index (κ2) is 7.63. The smallest absolute Gasteiger partial charge is 0.259 e. The van der Waals surface area contributed by atoms with Crippen LogP contribution in [0.4, 0.5) is 5.13 Å². The van der Waals surface area contributed by atoms with Gasteiger partial charge in [-0.25, -0.2) is 0 Å². The highest BCUT2D eigenvalue weighted by Crippen LogP contribution is 2.30. The van der Waals surface area contributed by atoms with Crippen molar-refractivity contribution in [1.29, 1.82) is 0 Å². The van der Waals surface area contributed by atoms with Crippen molar-refractivity contribution in [3.8, 4) is 0 Å². The van der Waals surface area contributed by atoms with Gasteiger partial charge in [0.1, 0.15) is 0 Å². The molecule has 3 aromatic rings. The molecule has 0 atom stereocenters. The van der Waals surface area contributed by atoms with Crippen LogP contribution < -0.4 is 5.32 Å². The topological polar surface area (TPSA) is 54.9 Å². The van der Waals surface area contributed by atoms with Crippen LogP contribution >= 0.6 is 57.6 Å². The quantitative estimate of drug-likeness (QED) is 0.455. The second-order valence-corrected chi connectivity index (χ2v) is 8.31. The summed E-state index contributed by atoms with van der Waals surface area (Å²) in [5, 5.41) is 13.8. The molecule has 0 radical (unpaired) electrons. The van der Waals surface area contributed by atoms with E-state index in [1.165, 1.54) is 16.2 Å². The van der Waals surface area contributed by atoms with Gasteiger partial charge < -0.3 is 0 Å². The van der Waals surface area contributed by atoms with Crippen LogP contribution in [-0.2, 0) is 5.75 Å². The van der Waals surface area contributed by atoms with E-state index in [1.807, 2.05) is 11.4 Å². The zero-order chi connectivity index (χ0) is 16.2. The number of anilines is 1. The van der Waals surface area contributed by atoms with Crippen molar-refractivity contribution < 1.29 is 4.79 Å². The number of benzene rings is 1. The summed E-state index contributed by atoms with van der Waals surface area (Å²) in [5.41, 5.74) is 0.308. The number of nitrogens with zero attached hydrogens (tertiary/aromatic N) is 2. The van der Waals surface area contributed by atoms with Crippen LogP contribution in [0.25, 0.3) is 0 Å². The Balaban J connectivity index is 1.64. The van der Waals surface area contributed by atoms with E-state index in [0.29, 0.717) is 15.7 Å². The van der Waals surface area contributed by atoms with E-state index < -0.39 is 0 Å². The first-order valence-corrected chi connectivity index (χ1v) is 9.81. The Hall–Kier alpha value is -1.12. The van der Waals surface area contributed by atoms with Crippen molar-refractivity contribution in [1.82, 2.24) is 10.2 Å². The van der Waals surface area contributed by atoms with Crippen LogP contribution in [0.1, 0.15) is 15.2 Å². The third kappa shape index (κ3) is 4.24. The molecule has 0 aliphatic heterocycles. The molecule has 1 N–H and O–H groups in total. The Morgan fingerprint density at radius 3 is 2.87 bits per heavy atom. The van der Waals surface area contributed by atoms with Crippen LogP contribution in [0.15, 0.2) is 40.1 Å². The number of amides is 1. The van der Waals surface area contributed by atoms with Crippen LogP contribution in [0.3, 0.4) is 0 Å². The van der Waals surface area contributed by atoms with Crippen molar-refractivity contribution in [2.75, 3.05) is 5.32 Å². The maximum atomic E-state index is 12.2. The predicted octanol–water partition coefficient (Wildman–Crippen LogP) is 5.45. The molecule has 9 heteroatoms. The Bertz CT molecular complexity index is 821. The normalized spacial score (nSPS) is 10.7. The van der Waals surface area contributed by atoms with Crippen molar-refractivity contribution in [2.24, 2.45) is 0 Å². The van der Waals surface area contributed by atoms with Gasteiger partial charge in [0.15, 0.2) is 4.34 Å². The Morgan fingerprint density at radius 2 is 2.09 bits per heavy atom. The summed E-state index contributed by atoms with van der Waals surface area (Å²) >= 11 is 16.6. The van der Waals surface area contributed by atoms with E-state index in [4.69, 9.17) is 23.2 Å². The number of aromatic nitrogens is 2. The minimum Gasteiger partial charge on any atom is -0.296 e. The summed E-state index contributed by atoms with van der Waals surface area (Å²) in [4.78, 5) is 13.5. The molecule has 0 aliphatic carbocycles. The van der Waals surface area contributed by atoms with Crippen molar-refractivity contribution >= 4 is 68.7 Å². The molecule has 0 saturated carbocycles. The molecule has 1 aromatic carbocycles. The molecule has 118 valence electrons. The van der Waals surface area contributed by atoms with Crippen LogP contribution in [0.2, 0.25) is 10.0 Å². The fourth-order valence-electron chi connectivity index (χ4n) is 1.69. The molecule has 0 bridgehead atoms. The average Bonchev–Trinajstić information content (AvgIpc) is 3.19. The lowest BCUT2D eigenvalue weighted by Gasteiger charge is -2.04. The first-order valence-electron chi connectivity index (χ1n) is 6.37. The summed E-state index contributed by atoms with van der Waals surface area (Å²) in [5.74, 6) is 0.476. The van der Waals surface area contributed by atoms with E-state index >= 15 is 0 Å². The van der Waals surface area contributed by atoms with Gasteiger partial charge in [-0.05, 0) is 23.6 Å². The van der Waals surface area contributed by atoms with Gasteiger partial charge in [-0.3, -0.25) is 10.1 Å².